The Morgan fingerprint density at radius 3 is 3.00 bits per heavy atom. The van der Waals surface area contributed by atoms with E-state index >= 15 is 0 Å². The summed E-state index contributed by atoms with van der Waals surface area (Å²) in [5, 5.41) is 0. The topological polar surface area (TPSA) is 38.9 Å². The van der Waals surface area contributed by atoms with E-state index in [0.29, 0.717) is 0 Å². The third-order valence-electron chi connectivity index (χ3n) is 1.98. The smallest absolute Gasteiger partial charge is 0.0523 e. The highest BCUT2D eigenvalue weighted by molar-refractivity contribution is 7.98. The van der Waals surface area contributed by atoms with Crippen LogP contribution in [-0.2, 0) is 5.75 Å². The Bertz CT molecular complexity index is 263. The van der Waals surface area contributed by atoms with E-state index < -0.39 is 0 Å². The first-order chi connectivity index (χ1) is 6.83. The summed E-state index contributed by atoms with van der Waals surface area (Å²) in [5.41, 5.74) is 7.56. The van der Waals surface area contributed by atoms with Gasteiger partial charge in [0.2, 0.25) is 0 Å². The Morgan fingerprint density at radius 1 is 1.43 bits per heavy atom. The van der Waals surface area contributed by atoms with Crippen LogP contribution in [0.4, 0.5) is 5.69 Å². The molecule has 78 valence electrons. The van der Waals surface area contributed by atoms with Gasteiger partial charge in [0, 0.05) is 17.6 Å². The minimum atomic E-state index is 0.809. The highest BCUT2D eigenvalue weighted by atomic mass is 32.2. The largest absolute Gasteiger partial charge is 0.399 e. The molecule has 0 fully saturated rings. The SMILES string of the molecule is CCCCCSCc1cc(N)ccn1. The molecule has 0 unspecified atom stereocenters. The van der Waals surface area contributed by atoms with Gasteiger partial charge >= 0.3 is 0 Å². The summed E-state index contributed by atoms with van der Waals surface area (Å²) in [7, 11) is 0. The summed E-state index contributed by atoms with van der Waals surface area (Å²) in [4.78, 5) is 4.26. The maximum Gasteiger partial charge on any atom is 0.0523 e. The van der Waals surface area contributed by atoms with Gasteiger partial charge in [-0.05, 0) is 24.3 Å². The van der Waals surface area contributed by atoms with Gasteiger partial charge in [-0.2, -0.15) is 11.8 Å². The molecule has 3 heteroatoms. The van der Waals surface area contributed by atoms with Gasteiger partial charge in [0.05, 0.1) is 5.69 Å². The van der Waals surface area contributed by atoms with E-state index in [0.717, 1.165) is 17.1 Å². The van der Waals surface area contributed by atoms with Crippen LogP contribution in [0.1, 0.15) is 31.9 Å². The van der Waals surface area contributed by atoms with E-state index in [2.05, 4.69) is 11.9 Å². The van der Waals surface area contributed by atoms with E-state index in [1.807, 2.05) is 23.9 Å². The van der Waals surface area contributed by atoms with Gasteiger partial charge in [0.15, 0.2) is 0 Å². The summed E-state index contributed by atoms with van der Waals surface area (Å²) < 4.78 is 0. The van der Waals surface area contributed by atoms with Crippen LogP contribution < -0.4 is 5.73 Å². The monoisotopic (exact) mass is 210 g/mol. The normalized spacial score (nSPS) is 10.4. The number of nitrogens with two attached hydrogens (primary N) is 1. The third-order valence-corrected chi connectivity index (χ3v) is 3.06. The van der Waals surface area contributed by atoms with Gasteiger partial charge in [-0.3, -0.25) is 4.98 Å². The highest BCUT2D eigenvalue weighted by Gasteiger charge is 1.95. The average Bonchev–Trinajstić information content (AvgIpc) is 2.18. The van der Waals surface area contributed by atoms with Gasteiger partial charge in [-0.15, -0.1) is 0 Å². The molecule has 0 aliphatic heterocycles. The summed E-state index contributed by atoms with van der Waals surface area (Å²) >= 11 is 1.94. The fourth-order valence-corrected chi connectivity index (χ4v) is 2.13. The lowest BCUT2D eigenvalue weighted by molar-refractivity contribution is 0.778. The lowest BCUT2D eigenvalue weighted by atomic mass is 10.3. The Kier molecular flexibility index (Phi) is 5.45. The molecule has 0 saturated heterocycles. The minimum Gasteiger partial charge on any atom is -0.399 e. The van der Waals surface area contributed by atoms with Gasteiger partial charge in [-0.25, -0.2) is 0 Å². The van der Waals surface area contributed by atoms with Crippen LogP contribution in [0.3, 0.4) is 0 Å². The molecule has 0 spiro atoms. The number of pyridine rings is 1. The second-order valence-corrected chi connectivity index (χ2v) is 4.45. The molecule has 1 aromatic rings. The van der Waals surface area contributed by atoms with E-state index in [1.54, 1.807) is 6.20 Å². The predicted molar refractivity (Wildman–Crippen MR) is 64.3 cm³/mol. The molecule has 14 heavy (non-hydrogen) atoms. The molecule has 0 radical (unpaired) electrons. The van der Waals surface area contributed by atoms with Crippen LogP contribution in [0.15, 0.2) is 18.3 Å². The van der Waals surface area contributed by atoms with Crippen LogP contribution in [0.2, 0.25) is 0 Å². The van der Waals surface area contributed by atoms with Crippen molar-refractivity contribution in [1.29, 1.82) is 0 Å². The van der Waals surface area contributed by atoms with Crippen LogP contribution in [0.25, 0.3) is 0 Å². The number of unbranched alkanes of at least 4 members (excludes halogenated alkanes) is 2. The Labute approximate surface area is 90.3 Å². The van der Waals surface area contributed by atoms with E-state index in [9.17, 15) is 0 Å². The molecule has 0 aromatic carbocycles. The predicted octanol–water partition coefficient (Wildman–Crippen LogP) is 3.09. The number of anilines is 1. The summed E-state index contributed by atoms with van der Waals surface area (Å²) in [6.45, 7) is 2.23. The molecular formula is C11H18N2S. The zero-order valence-corrected chi connectivity index (χ0v) is 9.52. The van der Waals surface area contributed by atoms with Gasteiger partial charge in [0.25, 0.3) is 0 Å². The number of nitrogens with zero attached hydrogens (tertiary/aromatic N) is 1. The molecule has 1 heterocycles. The number of rotatable bonds is 6. The molecule has 1 rings (SSSR count). The molecule has 1 aromatic heterocycles. The maximum absolute atomic E-state index is 5.66. The Hall–Kier alpha value is -0.700. The van der Waals surface area contributed by atoms with Crippen molar-refractivity contribution in [3.63, 3.8) is 0 Å². The van der Waals surface area contributed by atoms with Gasteiger partial charge in [0.1, 0.15) is 0 Å². The molecule has 2 N–H and O–H groups in total. The van der Waals surface area contributed by atoms with E-state index in [4.69, 9.17) is 5.73 Å². The Balaban J connectivity index is 2.18. The Morgan fingerprint density at radius 2 is 2.29 bits per heavy atom. The van der Waals surface area contributed by atoms with Crippen LogP contribution in [0, 0.1) is 0 Å². The average molecular weight is 210 g/mol. The molecule has 0 atom stereocenters. The quantitative estimate of drug-likeness (QED) is 0.733. The highest BCUT2D eigenvalue weighted by Crippen LogP contribution is 2.14. The van der Waals surface area contributed by atoms with Crippen molar-refractivity contribution >= 4 is 17.4 Å². The number of aromatic nitrogens is 1. The second kappa shape index (κ2) is 6.71. The van der Waals surface area contributed by atoms with Crippen molar-refractivity contribution in [3.05, 3.63) is 24.0 Å². The lowest BCUT2D eigenvalue weighted by Gasteiger charge is -2.01. The molecule has 0 amide bonds. The van der Waals surface area contributed by atoms with Crippen molar-refractivity contribution in [2.45, 2.75) is 31.9 Å². The van der Waals surface area contributed by atoms with Crippen LogP contribution in [0.5, 0.6) is 0 Å². The van der Waals surface area contributed by atoms with Crippen LogP contribution in [-0.4, -0.2) is 10.7 Å². The molecule has 0 bridgehead atoms. The first-order valence-electron chi connectivity index (χ1n) is 5.11. The number of hydrogen-bond donors (Lipinski definition) is 1. The summed E-state index contributed by atoms with van der Waals surface area (Å²) in [6, 6.07) is 3.78. The van der Waals surface area contributed by atoms with Crippen molar-refractivity contribution < 1.29 is 0 Å². The number of hydrogen-bond acceptors (Lipinski definition) is 3. The fourth-order valence-electron chi connectivity index (χ4n) is 1.21. The molecule has 2 nitrogen and oxygen atoms in total. The lowest BCUT2D eigenvalue weighted by Crippen LogP contribution is -1.91. The van der Waals surface area contributed by atoms with Gasteiger partial charge in [-0.1, -0.05) is 19.8 Å². The van der Waals surface area contributed by atoms with Crippen molar-refractivity contribution in [2.24, 2.45) is 0 Å². The third kappa shape index (κ3) is 4.51. The first kappa shape index (κ1) is 11.4. The maximum atomic E-state index is 5.66. The van der Waals surface area contributed by atoms with Gasteiger partial charge < -0.3 is 5.73 Å². The van der Waals surface area contributed by atoms with E-state index in [1.165, 1.54) is 25.0 Å². The van der Waals surface area contributed by atoms with Crippen molar-refractivity contribution in [1.82, 2.24) is 4.98 Å². The fraction of sp³-hybridized carbons (Fsp3) is 0.545. The minimum absolute atomic E-state index is 0.809. The van der Waals surface area contributed by atoms with Crippen LogP contribution >= 0.6 is 11.8 Å². The number of thioether (sulfide) groups is 1. The number of nitrogen functional groups attached to an aromatic ring is 1. The zero-order valence-electron chi connectivity index (χ0n) is 8.70. The van der Waals surface area contributed by atoms with E-state index in [-0.39, 0.29) is 0 Å². The molecule has 0 saturated carbocycles. The molecule has 0 aliphatic rings. The summed E-state index contributed by atoms with van der Waals surface area (Å²) in [6.07, 6.45) is 5.70. The molecule has 0 aliphatic carbocycles. The summed E-state index contributed by atoms with van der Waals surface area (Å²) in [5.74, 6) is 2.21. The standard InChI is InChI=1S/C11H18N2S/c1-2-3-4-7-14-9-11-8-10(12)5-6-13-11/h5-6,8H,2-4,7,9H2,1H3,(H2,12,13). The van der Waals surface area contributed by atoms with Crippen molar-refractivity contribution in [2.75, 3.05) is 11.5 Å². The second-order valence-electron chi connectivity index (χ2n) is 3.34. The first-order valence-corrected chi connectivity index (χ1v) is 6.26. The molecular weight excluding hydrogens is 192 g/mol. The van der Waals surface area contributed by atoms with Crippen molar-refractivity contribution in [3.8, 4) is 0 Å². The zero-order chi connectivity index (χ0) is 10.2.